The molecule has 0 bridgehead atoms. The number of nitrogens with zero attached hydrogens (tertiary/aromatic N) is 3. The molecule has 2 heterocycles. The Hall–Kier alpha value is -2.67. The quantitative estimate of drug-likeness (QED) is 0.768. The molecule has 0 aliphatic rings. The van der Waals surface area contributed by atoms with E-state index in [1.807, 2.05) is 6.07 Å². The van der Waals surface area contributed by atoms with E-state index >= 15 is 0 Å². The van der Waals surface area contributed by atoms with Crippen LogP contribution in [0.5, 0.6) is 0 Å². The predicted molar refractivity (Wildman–Crippen MR) is 86.6 cm³/mol. The van der Waals surface area contributed by atoms with Gasteiger partial charge in [-0.1, -0.05) is 12.1 Å². The Kier molecular flexibility index (Phi) is 4.85. The molecule has 7 heteroatoms. The molecule has 1 N–H and O–H groups in total. The van der Waals surface area contributed by atoms with E-state index in [0.29, 0.717) is 11.4 Å². The van der Waals surface area contributed by atoms with Gasteiger partial charge in [0.1, 0.15) is 5.82 Å². The highest BCUT2D eigenvalue weighted by Gasteiger charge is 2.29. The van der Waals surface area contributed by atoms with Gasteiger partial charge in [-0.25, -0.2) is 4.98 Å². The van der Waals surface area contributed by atoms with Crippen LogP contribution in [0.25, 0.3) is 11.4 Å². The maximum atomic E-state index is 12.6. The lowest BCUT2D eigenvalue weighted by atomic mass is 10.1. The maximum Gasteiger partial charge on any atom is 0.416 e. The molecule has 2 aromatic heterocycles. The molecule has 1 aromatic carbocycles. The van der Waals surface area contributed by atoms with Gasteiger partial charge in [-0.15, -0.1) is 0 Å². The molecule has 3 rings (SSSR count). The molecule has 0 aliphatic heterocycles. The molecule has 0 spiro atoms. The zero-order chi connectivity index (χ0) is 17.9. The summed E-state index contributed by atoms with van der Waals surface area (Å²) in [5, 5.41) is 10.3. The van der Waals surface area contributed by atoms with Gasteiger partial charge in [-0.05, 0) is 29.8 Å². The lowest BCUT2D eigenvalue weighted by molar-refractivity contribution is -0.137. The van der Waals surface area contributed by atoms with Crippen LogP contribution in [0.4, 0.5) is 13.2 Å². The molecule has 1 atom stereocenters. The Morgan fingerprint density at radius 1 is 1.08 bits per heavy atom. The van der Waals surface area contributed by atoms with E-state index in [9.17, 15) is 18.3 Å². The molecule has 0 amide bonds. The van der Waals surface area contributed by atoms with E-state index in [-0.39, 0.29) is 13.0 Å². The minimum atomic E-state index is -4.35. The summed E-state index contributed by atoms with van der Waals surface area (Å²) in [5.41, 5.74) is 0.775. The number of alkyl halides is 3. The van der Waals surface area contributed by atoms with E-state index < -0.39 is 17.8 Å². The van der Waals surface area contributed by atoms with Crippen molar-refractivity contribution in [2.45, 2.75) is 25.2 Å². The van der Waals surface area contributed by atoms with E-state index in [1.54, 1.807) is 35.4 Å². The number of pyridine rings is 1. The highest BCUT2D eigenvalue weighted by Crippen LogP contribution is 2.29. The first-order valence-corrected chi connectivity index (χ1v) is 7.69. The lowest BCUT2D eigenvalue weighted by Crippen LogP contribution is -2.19. The van der Waals surface area contributed by atoms with Gasteiger partial charge in [-0.2, -0.15) is 13.2 Å². The highest BCUT2D eigenvalue weighted by molar-refractivity contribution is 5.53. The molecule has 0 saturated heterocycles. The van der Waals surface area contributed by atoms with Gasteiger partial charge < -0.3 is 9.67 Å². The van der Waals surface area contributed by atoms with Crippen molar-refractivity contribution in [2.75, 3.05) is 0 Å². The summed E-state index contributed by atoms with van der Waals surface area (Å²) in [6, 6.07) is 8.51. The fraction of sp³-hybridized carbons (Fsp3) is 0.222. The smallest absolute Gasteiger partial charge is 0.391 e. The van der Waals surface area contributed by atoms with Crippen LogP contribution in [0, 0.1) is 0 Å². The number of aromatic nitrogens is 3. The highest BCUT2D eigenvalue weighted by atomic mass is 19.4. The van der Waals surface area contributed by atoms with Crippen molar-refractivity contribution in [2.24, 2.45) is 0 Å². The number of aliphatic hydroxyl groups is 1. The van der Waals surface area contributed by atoms with Crippen molar-refractivity contribution < 1.29 is 18.3 Å². The van der Waals surface area contributed by atoms with Crippen LogP contribution >= 0.6 is 0 Å². The van der Waals surface area contributed by atoms with Gasteiger partial charge in [0.15, 0.2) is 0 Å². The molecule has 4 nitrogen and oxygen atoms in total. The molecule has 3 aromatic rings. The largest absolute Gasteiger partial charge is 0.416 e. The summed E-state index contributed by atoms with van der Waals surface area (Å²) in [4.78, 5) is 8.32. The summed E-state index contributed by atoms with van der Waals surface area (Å²) in [6.07, 6.45) is 1.87. The molecular formula is C18H16F3N3O. The third-order valence-electron chi connectivity index (χ3n) is 3.80. The van der Waals surface area contributed by atoms with Crippen molar-refractivity contribution in [3.63, 3.8) is 0 Å². The Labute approximate surface area is 142 Å². The molecule has 0 fully saturated rings. The number of hydrogen-bond donors (Lipinski definition) is 1. The fourth-order valence-electron chi connectivity index (χ4n) is 2.61. The second kappa shape index (κ2) is 7.06. The predicted octanol–water partition coefficient (Wildman–Crippen LogP) is 3.57. The zero-order valence-corrected chi connectivity index (χ0v) is 13.2. The van der Waals surface area contributed by atoms with E-state index in [0.717, 1.165) is 17.7 Å². The molecule has 0 aliphatic carbocycles. The first-order valence-electron chi connectivity index (χ1n) is 7.69. The van der Waals surface area contributed by atoms with Gasteiger partial charge in [0.05, 0.1) is 18.2 Å². The fourth-order valence-corrected chi connectivity index (χ4v) is 2.61. The number of halogens is 3. The average Bonchev–Trinajstić information content (AvgIpc) is 3.03. The Morgan fingerprint density at radius 3 is 2.48 bits per heavy atom. The van der Waals surface area contributed by atoms with Crippen molar-refractivity contribution in [1.82, 2.24) is 14.5 Å². The summed E-state index contributed by atoms with van der Waals surface area (Å²) in [7, 11) is 0. The standard InChI is InChI=1S/C18H16F3N3O/c19-18(20,21)15-5-3-13(4-6-15)10-16(25)12-24-9-8-23-17(24)14-2-1-7-22-11-14/h1-9,11,16,25H,10,12H2. The van der Waals surface area contributed by atoms with Crippen LogP contribution < -0.4 is 0 Å². The van der Waals surface area contributed by atoms with Crippen LogP contribution in [0.3, 0.4) is 0 Å². The number of aliphatic hydroxyl groups excluding tert-OH is 1. The first-order chi connectivity index (χ1) is 11.9. The minimum Gasteiger partial charge on any atom is -0.391 e. The monoisotopic (exact) mass is 347 g/mol. The first kappa shape index (κ1) is 17.2. The number of imidazole rings is 1. The van der Waals surface area contributed by atoms with Gasteiger partial charge >= 0.3 is 6.18 Å². The molecule has 1 unspecified atom stereocenters. The van der Waals surface area contributed by atoms with Crippen molar-refractivity contribution >= 4 is 0 Å². The number of rotatable bonds is 5. The third-order valence-corrected chi connectivity index (χ3v) is 3.80. The van der Waals surface area contributed by atoms with Crippen LogP contribution in [-0.4, -0.2) is 25.7 Å². The zero-order valence-electron chi connectivity index (χ0n) is 13.2. The summed E-state index contributed by atoms with van der Waals surface area (Å²) in [6.45, 7) is 0.283. The van der Waals surface area contributed by atoms with Gasteiger partial charge in [-0.3, -0.25) is 4.98 Å². The Balaban J connectivity index is 1.68. The van der Waals surface area contributed by atoms with E-state index in [4.69, 9.17) is 0 Å². The van der Waals surface area contributed by atoms with Crippen molar-refractivity contribution in [3.8, 4) is 11.4 Å². The second-order valence-corrected chi connectivity index (χ2v) is 5.70. The van der Waals surface area contributed by atoms with Crippen LogP contribution in [0.2, 0.25) is 0 Å². The topological polar surface area (TPSA) is 50.9 Å². The van der Waals surface area contributed by atoms with Gasteiger partial charge in [0, 0.05) is 36.8 Å². The summed E-state index contributed by atoms with van der Waals surface area (Å²) < 4.78 is 39.5. The lowest BCUT2D eigenvalue weighted by Gasteiger charge is -2.14. The maximum absolute atomic E-state index is 12.6. The second-order valence-electron chi connectivity index (χ2n) is 5.70. The summed E-state index contributed by atoms with van der Waals surface area (Å²) in [5.74, 6) is 0.680. The Bertz CT molecular complexity index is 814. The van der Waals surface area contributed by atoms with Crippen molar-refractivity contribution in [1.29, 1.82) is 0 Å². The third kappa shape index (κ3) is 4.24. The SMILES string of the molecule is OC(Cc1ccc(C(F)(F)F)cc1)Cn1ccnc1-c1cccnc1. The van der Waals surface area contributed by atoms with Gasteiger partial charge in [0.2, 0.25) is 0 Å². The molecule has 25 heavy (non-hydrogen) atoms. The molecule has 130 valence electrons. The van der Waals surface area contributed by atoms with Crippen LogP contribution in [0.1, 0.15) is 11.1 Å². The summed E-state index contributed by atoms with van der Waals surface area (Å²) >= 11 is 0. The van der Waals surface area contributed by atoms with E-state index in [2.05, 4.69) is 9.97 Å². The van der Waals surface area contributed by atoms with E-state index in [1.165, 1.54) is 12.1 Å². The number of benzene rings is 1. The number of hydrogen-bond acceptors (Lipinski definition) is 3. The van der Waals surface area contributed by atoms with Gasteiger partial charge in [0.25, 0.3) is 0 Å². The van der Waals surface area contributed by atoms with Crippen molar-refractivity contribution in [3.05, 3.63) is 72.3 Å². The average molecular weight is 347 g/mol. The van der Waals surface area contributed by atoms with Crippen LogP contribution in [-0.2, 0) is 19.1 Å². The van der Waals surface area contributed by atoms with Crippen LogP contribution in [0.15, 0.2) is 61.2 Å². The molecule has 0 saturated carbocycles. The minimum absolute atomic E-state index is 0.253. The normalized spacial score (nSPS) is 13.0. The molecule has 0 radical (unpaired) electrons. The Morgan fingerprint density at radius 2 is 1.84 bits per heavy atom. The molecular weight excluding hydrogens is 331 g/mol.